The highest BCUT2D eigenvalue weighted by molar-refractivity contribution is 5.98. The molecule has 1 aliphatic carbocycles. The number of amides is 1. The monoisotopic (exact) mass is 424 g/mol. The first-order valence-electron chi connectivity index (χ1n) is 11.0. The van der Waals surface area contributed by atoms with Crippen LogP contribution in [0.3, 0.4) is 0 Å². The number of likely N-dealkylation sites (tertiary alicyclic amines) is 1. The molecule has 0 aromatic carbocycles. The predicted molar refractivity (Wildman–Crippen MR) is 117 cm³/mol. The minimum atomic E-state index is -0.123. The number of H-pyrrole nitrogens is 1. The van der Waals surface area contributed by atoms with E-state index < -0.39 is 0 Å². The summed E-state index contributed by atoms with van der Waals surface area (Å²) < 4.78 is 5.43. The second kappa shape index (κ2) is 7.96. The van der Waals surface area contributed by atoms with Crippen LogP contribution < -0.4 is 15.8 Å². The molecule has 0 unspecified atom stereocenters. The second-order valence-corrected chi connectivity index (χ2v) is 8.54. The molecule has 2 fully saturated rings. The van der Waals surface area contributed by atoms with Gasteiger partial charge in [-0.05, 0) is 37.8 Å². The molecule has 9 nitrogen and oxygen atoms in total. The maximum absolute atomic E-state index is 13.1. The minimum Gasteiger partial charge on any atom is -0.378 e. The molecule has 4 heterocycles. The summed E-state index contributed by atoms with van der Waals surface area (Å²) in [5, 5.41) is 3.00. The Labute approximate surface area is 180 Å². The molecule has 2 N–H and O–H groups in total. The number of rotatable bonds is 3. The largest absolute Gasteiger partial charge is 0.378 e. The van der Waals surface area contributed by atoms with E-state index in [9.17, 15) is 9.59 Å². The van der Waals surface area contributed by atoms with Crippen molar-refractivity contribution in [3.63, 3.8) is 0 Å². The predicted octanol–water partition coefficient (Wildman–Crippen LogP) is 1.16. The lowest BCUT2D eigenvalue weighted by atomic mass is 9.76. The summed E-state index contributed by atoms with van der Waals surface area (Å²) in [6.07, 6.45) is 4.99. The van der Waals surface area contributed by atoms with Gasteiger partial charge in [0, 0.05) is 50.4 Å². The molecule has 0 radical (unpaired) electrons. The van der Waals surface area contributed by atoms with Crippen LogP contribution in [0, 0.1) is 0 Å². The molecule has 5 rings (SSSR count). The van der Waals surface area contributed by atoms with Crippen molar-refractivity contribution in [3.05, 3.63) is 45.5 Å². The molecule has 2 aromatic rings. The molecule has 0 bridgehead atoms. The normalized spacial score (nSPS) is 20.0. The van der Waals surface area contributed by atoms with E-state index >= 15 is 0 Å². The SMILES string of the molecule is CNc1ncccc1C(=O)N1CCC2(CCc3c2nc(N2CCOCC2)[nH]c3=O)CC1. The minimum absolute atomic E-state index is 0.00149. The smallest absolute Gasteiger partial charge is 0.257 e. The number of hydrogen-bond acceptors (Lipinski definition) is 7. The van der Waals surface area contributed by atoms with E-state index in [4.69, 9.17) is 9.72 Å². The number of fused-ring (bicyclic) bond motifs is 2. The molecule has 1 amide bonds. The first-order valence-corrected chi connectivity index (χ1v) is 11.0. The number of piperidine rings is 1. The molecular formula is C22H28N6O3. The molecule has 1 spiro atoms. The third-order valence-corrected chi connectivity index (χ3v) is 6.95. The molecule has 3 aliphatic rings. The zero-order valence-corrected chi connectivity index (χ0v) is 17.8. The Morgan fingerprint density at radius 2 is 1.97 bits per heavy atom. The fraction of sp³-hybridized carbons (Fsp3) is 0.545. The van der Waals surface area contributed by atoms with Crippen molar-refractivity contribution in [2.45, 2.75) is 31.1 Å². The maximum Gasteiger partial charge on any atom is 0.257 e. The second-order valence-electron chi connectivity index (χ2n) is 8.54. The standard InChI is InChI=1S/C22H28N6O3/c1-23-18-16(3-2-8-24-18)20(30)27-9-6-22(7-10-27)5-4-15-17(22)25-21(26-19(15)29)28-11-13-31-14-12-28/h2-3,8H,4-7,9-14H2,1H3,(H,23,24)(H,25,26,29). The highest BCUT2D eigenvalue weighted by atomic mass is 16.5. The number of carbonyl (C=O) groups is 1. The molecule has 2 saturated heterocycles. The number of hydrogen-bond donors (Lipinski definition) is 2. The lowest BCUT2D eigenvalue weighted by Crippen LogP contribution is -2.45. The zero-order valence-electron chi connectivity index (χ0n) is 17.8. The Morgan fingerprint density at radius 1 is 1.19 bits per heavy atom. The van der Waals surface area contributed by atoms with Crippen molar-refractivity contribution in [1.82, 2.24) is 19.9 Å². The Balaban J connectivity index is 1.37. The van der Waals surface area contributed by atoms with Gasteiger partial charge in [0.25, 0.3) is 11.5 Å². The quantitative estimate of drug-likeness (QED) is 0.762. The zero-order chi connectivity index (χ0) is 21.4. The summed E-state index contributed by atoms with van der Waals surface area (Å²) in [4.78, 5) is 42.1. The highest BCUT2D eigenvalue weighted by Gasteiger charge is 2.45. The van der Waals surface area contributed by atoms with E-state index in [1.54, 1.807) is 19.3 Å². The van der Waals surface area contributed by atoms with Crippen molar-refractivity contribution in [3.8, 4) is 0 Å². The van der Waals surface area contributed by atoms with E-state index in [1.165, 1.54) is 0 Å². The molecule has 9 heteroatoms. The van der Waals surface area contributed by atoms with Gasteiger partial charge in [0.05, 0.1) is 24.5 Å². The first-order chi connectivity index (χ1) is 15.1. The van der Waals surface area contributed by atoms with Crippen molar-refractivity contribution in [2.24, 2.45) is 0 Å². The van der Waals surface area contributed by atoms with Crippen molar-refractivity contribution in [2.75, 3.05) is 56.7 Å². The fourth-order valence-corrected chi connectivity index (χ4v) is 5.14. The van der Waals surface area contributed by atoms with E-state index in [0.717, 1.165) is 50.0 Å². The highest BCUT2D eigenvalue weighted by Crippen LogP contribution is 2.44. The van der Waals surface area contributed by atoms with Gasteiger partial charge in [0.1, 0.15) is 5.82 Å². The van der Waals surface area contributed by atoms with Gasteiger partial charge < -0.3 is 19.9 Å². The van der Waals surface area contributed by atoms with Gasteiger partial charge >= 0.3 is 0 Å². The summed E-state index contributed by atoms with van der Waals surface area (Å²) in [7, 11) is 1.77. The number of anilines is 2. The number of nitrogens with one attached hydrogen (secondary N) is 2. The van der Waals surface area contributed by atoms with Gasteiger partial charge in [0.15, 0.2) is 0 Å². The number of nitrogens with zero attached hydrogens (tertiary/aromatic N) is 4. The van der Waals surface area contributed by atoms with Gasteiger partial charge in [-0.2, -0.15) is 0 Å². The number of morpholine rings is 1. The lowest BCUT2D eigenvalue weighted by Gasteiger charge is -2.39. The Morgan fingerprint density at radius 3 is 2.71 bits per heavy atom. The Bertz CT molecular complexity index is 1040. The van der Waals surface area contributed by atoms with Crippen LogP contribution in [0.25, 0.3) is 0 Å². The average Bonchev–Trinajstić information content (AvgIpc) is 3.18. The third-order valence-electron chi connectivity index (χ3n) is 6.95. The van der Waals surface area contributed by atoms with Crippen LogP contribution in [0.15, 0.2) is 23.1 Å². The van der Waals surface area contributed by atoms with Gasteiger partial charge in [-0.3, -0.25) is 14.6 Å². The van der Waals surface area contributed by atoms with Crippen LogP contribution in [0.5, 0.6) is 0 Å². The fourth-order valence-electron chi connectivity index (χ4n) is 5.14. The van der Waals surface area contributed by atoms with Gasteiger partial charge in [-0.25, -0.2) is 9.97 Å². The summed E-state index contributed by atoms with van der Waals surface area (Å²) in [5.74, 6) is 1.25. The number of aromatic nitrogens is 3. The van der Waals surface area contributed by atoms with E-state index in [0.29, 0.717) is 43.6 Å². The van der Waals surface area contributed by atoms with E-state index in [-0.39, 0.29) is 16.9 Å². The molecule has 2 aliphatic heterocycles. The van der Waals surface area contributed by atoms with Crippen LogP contribution in [0.4, 0.5) is 11.8 Å². The van der Waals surface area contributed by atoms with Gasteiger partial charge in [-0.1, -0.05) is 0 Å². The van der Waals surface area contributed by atoms with Crippen LogP contribution in [-0.2, 0) is 16.6 Å². The number of ether oxygens (including phenoxy) is 1. The molecule has 0 saturated carbocycles. The topological polar surface area (TPSA) is 103 Å². The van der Waals surface area contributed by atoms with Crippen LogP contribution in [0.2, 0.25) is 0 Å². The summed E-state index contributed by atoms with van der Waals surface area (Å²) >= 11 is 0. The summed E-state index contributed by atoms with van der Waals surface area (Å²) in [6.45, 7) is 4.05. The van der Waals surface area contributed by atoms with E-state index in [2.05, 4.69) is 20.2 Å². The molecule has 2 aromatic heterocycles. The van der Waals surface area contributed by atoms with Crippen molar-refractivity contribution in [1.29, 1.82) is 0 Å². The first kappa shape index (κ1) is 20.0. The average molecular weight is 425 g/mol. The molecule has 164 valence electrons. The number of carbonyl (C=O) groups excluding carboxylic acids is 1. The molecular weight excluding hydrogens is 396 g/mol. The Hall–Kier alpha value is -2.94. The maximum atomic E-state index is 13.1. The summed E-state index contributed by atoms with van der Waals surface area (Å²) in [6, 6.07) is 3.60. The van der Waals surface area contributed by atoms with E-state index in [1.807, 2.05) is 11.0 Å². The van der Waals surface area contributed by atoms with Crippen molar-refractivity contribution >= 4 is 17.7 Å². The third kappa shape index (κ3) is 3.46. The van der Waals surface area contributed by atoms with Crippen LogP contribution in [-0.4, -0.2) is 72.2 Å². The number of aromatic amines is 1. The van der Waals surface area contributed by atoms with Crippen molar-refractivity contribution < 1.29 is 9.53 Å². The van der Waals surface area contributed by atoms with Gasteiger partial charge in [-0.15, -0.1) is 0 Å². The number of pyridine rings is 1. The van der Waals surface area contributed by atoms with Gasteiger partial charge in [0.2, 0.25) is 5.95 Å². The van der Waals surface area contributed by atoms with Crippen LogP contribution >= 0.6 is 0 Å². The summed E-state index contributed by atoms with van der Waals surface area (Å²) in [5.41, 5.74) is 2.22. The Kier molecular flexibility index (Phi) is 5.13. The van der Waals surface area contributed by atoms with Crippen LogP contribution in [0.1, 0.15) is 40.9 Å². The lowest BCUT2D eigenvalue weighted by molar-refractivity contribution is 0.0664. The molecule has 0 atom stereocenters. The molecule has 31 heavy (non-hydrogen) atoms.